The minimum Gasteiger partial charge on any atom is -0.443 e. The molecule has 2 aromatic carbocycles. The first-order chi connectivity index (χ1) is 12.8. The lowest BCUT2D eigenvalue weighted by molar-refractivity contribution is 0.0387. The average Bonchev–Trinajstić information content (AvgIpc) is 2.64. The number of aliphatic hydroxyl groups excluding tert-OH is 1. The van der Waals surface area contributed by atoms with Gasteiger partial charge in [0.25, 0.3) is 0 Å². The van der Waals surface area contributed by atoms with Crippen LogP contribution in [0.25, 0.3) is 0 Å². The van der Waals surface area contributed by atoms with Crippen molar-refractivity contribution in [3.63, 3.8) is 0 Å². The van der Waals surface area contributed by atoms with Crippen LogP contribution in [0.15, 0.2) is 65.6 Å². The Morgan fingerprint density at radius 1 is 1.07 bits per heavy atom. The van der Waals surface area contributed by atoms with Crippen molar-refractivity contribution >= 4 is 17.1 Å². The topological polar surface area (TPSA) is 66.8 Å². The molecule has 0 heterocycles. The minimum atomic E-state index is -1.71. The van der Waals surface area contributed by atoms with Crippen molar-refractivity contribution in [3.8, 4) is 0 Å². The smallest absolute Gasteiger partial charge is 0.422 e. The summed E-state index contributed by atoms with van der Waals surface area (Å²) in [5, 5.41) is 9.48. The molecule has 5 nitrogen and oxygen atoms in total. The lowest BCUT2D eigenvalue weighted by Crippen LogP contribution is -2.40. The number of benzene rings is 2. The maximum absolute atomic E-state index is 13.1. The Morgan fingerprint density at radius 2 is 1.63 bits per heavy atom. The molecule has 0 radical (unpaired) electrons. The third-order valence-electron chi connectivity index (χ3n) is 3.88. The molecule has 0 aromatic heterocycles. The number of ether oxygens (including phenoxy) is 1. The van der Waals surface area contributed by atoms with E-state index in [9.17, 15) is 14.1 Å². The van der Waals surface area contributed by atoms with E-state index in [0.29, 0.717) is 11.3 Å². The maximum Gasteiger partial charge on any atom is 0.422 e. The maximum atomic E-state index is 13.1. The van der Waals surface area contributed by atoms with Crippen molar-refractivity contribution < 1.29 is 18.8 Å². The highest BCUT2D eigenvalue weighted by Gasteiger charge is 2.30. The van der Waals surface area contributed by atoms with Crippen LogP contribution in [0.2, 0.25) is 0 Å². The van der Waals surface area contributed by atoms with E-state index in [0.717, 1.165) is 5.56 Å². The van der Waals surface area contributed by atoms with Crippen molar-refractivity contribution in [2.24, 2.45) is 0 Å². The molecule has 2 rings (SSSR count). The van der Waals surface area contributed by atoms with E-state index in [2.05, 4.69) is 0 Å². The molecule has 2 unspecified atom stereocenters. The van der Waals surface area contributed by atoms with Gasteiger partial charge in [0, 0.05) is 19.1 Å². The number of nitrogens with zero attached hydrogens (tertiary/aromatic N) is 1. The first kappa shape index (κ1) is 21.1. The summed E-state index contributed by atoms with van der Waals surface area (Å²) in [6.07, 6.45) is -0.182. The first-order valence-electron chi connectivity index (χ1n) is 8.95. The van der Waals surface area contributed by atoms with Crippen LogP contribution in [-0.2, 0) is 15.7 Å². The molecule has 0 aliphatic carbocycles. The molecule has 2 atom stereocenters. The predicted molar refractivity (Wildman–Crippen MR) is 107 cm³/mol. The molecular formula is C21H27NO4S. The van der Waals surface area contributed by atoms with Crippen LogP contribution in [0.5, 0.6) is 0 Å². The second kappa shape index (κ2) is 9.67. The zero-order valence-electron chi connectivity index (χ0n) is 16.0. The highest BCUT2D eigenvalue weighted by Crippen LogP contribution is 2.24. The summed E-state index contributed by atoms with van der Waals surface area (Å²) in [5.41, 5.74) is 0.278. The fourth-order valence-electron chi connectivity index (χ4n) is 2.63. The third kappa shape index (κ3) is 6.48. The van der Waals surface area contributed by atoms with Gasteiger partial charge in [-0.1, -0.05) is 48.5 Å². The van der Waals surface area contributed by atoms with Crippen molar-refractivity contribution in [1.82, 2.24) is 4.31 Å². The van der Waals surface area contributed by atoms with Gasteiger partial charge < -0.3 is 9.84 Å². The van der Waals surface area contributed by atoms with Gasteiger partial charge in [0.2, 0.25) is 0 Å². The molecule has 0 saturated carbocycles. The third-order valence-corrected chi connectivity index (χ3v) is 5.25. The zero-order chi connectivity index (χ0) is 19.9. The second-order valence-corrected chi connectivity index (χ2v) is 8.63. The van der Waals surface area contributed by atoms with Crippen molar-refractivity contribution in [2.45, 2.75) is 43.6 Å². The number of carbonyl (C=O) groups is 1. The largest absolute Gasteiger partial charge is 0.443 e. The van der Waals surface area contributed by atoms with Crippen LogP contribution in [0.3, 0.4) is 0 Å². The number of carbonyl (C=O) groups excluding carboxylic acids is 1. The first-order valence-corrected chi connectivity index (χ1v) is 10.1. The van der Waals surface area contributed by atoms with Gasteiger partial charge in [-0.05, 0) is 44.9 Å². The van der Waals surface area contributed by atoms with Gasteiger partial charge in [-0.2, -0.15) is 0 Å². The Labute approximate surface area is 163 Å². The molecule has 0 saturated heterocycles. The summed E-state index contributed by atoms with van der Waals surface area (Å²) in [4.78, 5) is 13.3. The Bertz CT molecular complexity index is 744. The van der Waals surface area contributed by atoms with Gasteiger partial charge in [-0.3, -0.25) is 0 Å². The second-order valence-electron chi connectivity index (χ2n) is 7.22. The van der Waals surface area contributed by atoms with Gasteiger partial charge in [0.05, 0.1) is 4.90 Å². The Hall–Kier alpha value is -2.18. The van der Waals surface area contributed by atoms with E-state index < -0.39 is 22.7 Å². The number of rotatable bonds is 7. The molecule has 1 amide bonds. The number of hydrogen-bond acceptors (Lipinski definition) is 4. The summed E-state index contributed by atoms with van der Waals surface area (Å²) >= 11 is 0. The van der Waals surface area contributed by atoms with Crippen LogP contribution < -0.4 is 0 Å². The van der Waals surface area contributed by atoms with E-state index in [1.165, 1.54) is 4.31 Å². The van der Waals surface area contributed by atoms with Crippen LogP contribution in [0.1, 0.15) is 38.7 Å². The normalized spacial score (nSPS) is 13.6. The molecule has 2 aromatic rings. The summed E-state index contributed by atoms with van der Waals surface area (Å²) in [6, 6.07) is 18.4. The average molecular weight is 390 g/mol. The Balaban J connectivity index is 2.32. The Morgan fingerprint density at radius 3 is 2.15 bits per heavy atom. The van der Waals surface area contributed by atoms with Gasteiger partial charge in [0.1, 0.15) is 5.60 Å². The van der Waals surface area contributed by atoms with Crippen molar-refractivity contribution in [1.29, 1.82) is 0 Å². The van der Waals surface area contributed by atoms with Gasteiger partial charge in [-0.15, -0.1) is 0 Å². The molecular weight excluding hydrogens is 362 g/mol. The summed E-state index contributed by atoms with van der Waals surface area (Å²) in [7, 11) is -1.71. The van der Waals surface area contributed by atoms with Crippen LogP contribution in [0.4, 0.5) is 4.79 Å². The van der Waals surface area contributed by atoms with Crippen LogP contribution in [-0.4, -0.2) is 38.5 Å². The molecule has 0 aliphatic heterocycles. The van der Waals surface area contributed by atoms with Gasteiger partial charge in [0.15, 0.2) is 11.0 Å². The molecule has 27 heavy (non-hydrogen) atoms. The molecule has 0 bridgehead atoms. The van der Waals surface area contributed by atoms with E-state index >= 15 is 0 Å². The lowest BCUT2D eigenvalue weighted by Gasteiger charge is -2.29. The predicted octanol–water partition coefficient (Wildman–Crippen LogP) is 4.11. The molecule has 146 valence electrons. The van der Waals surface area contributed by atoms with Gasteiger partial charge in [-0.25, -0.2) is 13.3 Å². The SMILES string of the molecule is CC(C)(C)OC(=O)N(CC(CCO)c1ccccc1)S(=O)c1ccccc1. The number of amides is 1. The van der Waals surface area contributed by atoms with Crippen LogP contribution in [0, 0.1) is 0 Å². The standard InChI is InChI=1S/C21H27NO4S/c1-21(2,3)26-20(24)22(27(25)19-12-8-5-9-13-19)16-18(14-15-23)17-10-6-4-7-11-17/h4-13,18,23H,14-16H2,1-3H3. The highest BCUT2D eigenvalue weighted by atomic mass is 32.2. The molecule has 0 fully saturated rings. The van der Waals surface area contributed by atoms with E-state index in [4.69, 9.17) is 4.74 Å². The zero-order valence-corrected chi connectivity index (χ0v) is 16.8. The summed E-state index contributed by atoms with van der Waals surface area (Å²) in [6.45, 7) is 5.48. The fourth-order valence-corrected chi connectivity index (χ4v) is 3.76. The highest BCUT2D eigenvalue weighted by molar-refractivity contribution is 7.83. The van der Waals surface area contributed by atoms with E-state index in [1.807, 2.05) is 36.4 Å². The molecule has 6 heteroatoms. The van der Waals surface area contributed by atoms with E-state index in [-0.39, 0.29) is 19.1 Å². The van der Waals surface area contributed by atoms with Gasteiger partial charge >= 0.3 is 6.09 Å². The molecule has 0 aliphatic rings. The fraction of sp³-hybridized carbons (Fsp3) is 0.381. The number of hydrogen-bond donors (Lipinski definition) is 1. The lowest BCUT2D eigenvalue weighted by atomic mass is 9.96. The molecule has 1 N–H and O–H groups in total. The number of aliphatic hydroxyl groups is 1. The Kier molecular flexibility index (Phi) is 7.56. The molecule has 0 spiro atoms. The monoisotopic (exact) mass is 389 g/mol. The summed E-state index contributed by atoms with van der Waals surface area (Å²) < 4.78 is 19.8. The minimum absolute atomic E-state index is 0.0281. The quantitative estimate of drug-likeness (QED) is 0.774. The summed E-state index contributed by atoms with van der Waals surface area (Å²) in [5.74, 6) is -0.156. The van der Waals surface area contributed by atoms with Crippen LogP contribution >= 0.6 is 0 Å². The van der Waals surface area contributed by atoms with Crippen molar-refractivity contribution in [3.05, 3.63) is 66.2 Å². The van der Waals surface area contributed by atoms with E-state index in [1.54, 1.807) is 45.0 Å². The van der Waals surface area contributed by atoms with Crippen molar-refractivity contribution in [2.75, 3.05) is 13.2 Å².